The van der Waals surface area contributed by atoms with E-state index < -0.39 is 0 Å². The van der Waals surface area contributed by atoms with E-state index in [0.717, 1.165) is 16.3 Å². The monoisotopic (exact) mass is 306 g/mol. The number of carbonyl (C=O) groups is 1. The van der Waals surface area contributed by atoms with Crippen LogP contribution < -0.4 is 11.1 Å². The molecule has 20 heavy (non-hydrogen) atoms. The number of nitrogens with one attached hydrogen (secondary N) is 1. The van der Waals surface area contributed by atoms with E-state index in [0.29, 0.717) is 16.3 Å². The Labute approximate surface area is 127 Å². The van der Waals surface area contributed by atoms with Gasteiger partial charge in [-0.25, -0.2) is 0 Å². The lowest BCUT2D eigenvalue weighted by molar-refractivity contribution is 0.102. The minimum atomic E-state index is -0.197. The molecular weight excluding hydrogens is 292 g/mol. The number of hydrogen-bond donors (Lipinski definition) is 2. The predicted octanol–water partition coefficient (Wildman–Crippen LogP) is 4.29. The molecule has 2 aromatic rings. The molecule has 2 aromatic carbocycles. The number of nitrogen functional groups attached to an aromatic ring is 1. The molecule has 0 aromatic heterocycles. The number of para-hydroxylation sites is 1. The molecule has 0 radical (unpaired) electrons. The van der Waals surface area contributed by atoms with E-state index in [9.17, 15) is 4.79 Å². The molecule has 0 aliphatic rings. The first-order chi connectivity index (χ1) is 9.61. The van der Waals surface area contributed by atoms with Crippen molar-refractivity contribution >= 4 is 40.6 Å². The Morgan fingerprint density at radius 2 is 2.05 bits per heavy atom. The second kappa shape index (κ2) is 6.68. The molecule has 0 atom stereocenters. The largest absolute Gasteiger partial charge is 0.398 e. The minimum absolute atomic E-state index is 0.197. The van der Waals surface area contributed by atoms with Crippen LogP contribution in [0.25, 0.3) is 0 Å². The van der Waals surface area contributed by atoms with Crippen molar-refractivity contribution in [2.45, 2.75) is 11.8 Å². The van der Waals surface area contributed by atoms with Gasteiger partial charge in [0, 0.05) is 10.5 Å². The number of rotatable bonds is 4. The summed E-state index contributed by atoms with van der Waals surface area (Å²) >= 11 is 7.54. The molecule has 0 fully saturated rings. The lowest BCUT2D eigenvalue weighted by atomic mass is 10.2. The van der Waals surface area contributed by atoms with Crippen molar-refractivity contribution in [3.8, 4) is 0 Å². The van der Waals surface area contributed by atoms with Crippen molar-refractivity contribution in [1.29, 1.82) is 0 Å². The topological polar surface area (TPSA) is 55.1 Å². The molecule has 0 saturated carbocycles. The molecule has 3 N–H and O–H groups in total. The first-order valence-electron chi connectivity index (χ1n) is 6.20. The quantitative estimate of drug-likeness (QED) is 0.654. The molecule has 0 aliphatic heterocycles. The molecule has 1 amide bonds. The number of hydrogen-bond acceptors (Lipinski definition) is 3. The Hall–Kier alpha value is -1.65. The third kappa shape index (κ3) is 3.46. The van der Waals surface area contributed by atoms with Crippen LogP contribution in [0, 0.1) is 0 Å². The summed E-state index contributed by atoms with van der Waals surface area (Å²) in [7, 11) is 0. The van der Waals surface area contributed by atoms with Crippen molar-refractivity contribution in [2.24, 2.45) is 0 Å². The first-order valence-corrected chi connectivity index (χ1v) is 7.56. The van der Waals surface area contributed by atoms with Crippen molar-refractivity contribution in [2.75, 3.05) is 16.8 Å². The van der Waals surface area contributed by atoms with E-state index in [-0.39, 0.29) is 5.91 Å². The van der Waals surface area contributed by atoms with Gasteiger partial charge in [0.2, 0.25) is 0 Å². The molecule has 104 valence electrons. The maximum atomic E-state index is 12.2. The fourth-order valence-electron chi connectivity index (χ4n) is 1.73. The summed E-state index contributed by atoms with van der Waals surface area (Å²) in [6.45, 7) is 2.07. The summed E-state index contributed by atoms with van der Waals surface area (Å²) in [6.07, 6.45) is 0. The zero-order valence-electron chi connectivity index (χ0n) is 11.0. The summed E-state index contributed by atoms with van der Waals surface area (Å²) in [6, 6.07) is 12.6. The molecule has 0 spiro atoms. The van der Waals surface area contributed by atoms with Crippen LogP contribution in [0.5, 0.6) is 0 Å². The molecule has 0 aliphatic carbocycles. The van der Waals surface area contributed by atoms with Crippen LogP contribution in [-0.4, -0.2) is 11.7 Å². The zero-order chi connectivity index (χ0) is 14.5. The van der Waals surface area contributed by atoms with Gasteiger partial charge in [-0.1, -0.05) is 30.7 Å². The van der Waals surface area contributed by atoms with Gasteiger partial charge in [-0.05, 0) is 36.1 Å². The minimum Gasteiger partial charge on any atom is -0.398 e. The Morgan fingerprint density at radius 3 is 2.75 bits per heavy atom. The predicted molar refractivity (Wildman–Crippen MR) is 86.7 cm³/mol. The van der Waals surface area contributed by atoms with Crippen LogP contribution in [0.4, 0.5) is 11.4 Å². The van der Waals surface area contributed by atoms with Gasteiger partial charge in [-0.2, -0.15) is 0 Å². The van der Waals surface area contributed by atoms with Crippen molar-refractivity contribution in [3.05, 3.63) is 53.1 Å². The fraction of sp³-hybridized carbons (Fsp3) is 0.133. The number of thioether (sulfide) groups is 1. The Morgan fingerprint density at radius 1 is 1.30 bits per heavy atom. The lowest BCUT2D eigenvalue weighted by Gasteiger charge is -2.10. The van der Waals surface area contributed by atoms with Gasteiger partial charge in [0.25, 0.3) is 5.91 Å². The Kier molecular flexibility index (Phi) is 4.93. The van der Waals surface area contributed by atoms with Gasteiger partial charge >= 0.3 is 0 Å². The Bertz CT molecular complexity index is 631. The van der Waals surface area contributed by atoms with E-state index in [1.165, 1.54) is 0 Å². The summed E-state index contributed by atoms with van der Waals surface area (Å²) < 4.78 is 0. The van der Waals surface area contributed by atoms with Gasteiger partial charge in [0.05, 0.1) is 16.4 Å². The van der Waals surface area contributed by atoms with Crippen molar-refractivity contribution < 1.29 is 4.79 Å². The number of benzene rings is 2. The van der Waals surface area contributed by atoms with Crippen LogP contribution in [0.1, 0.15) is 17.3 Å². The smallest absolute Gasteiger partial charge is 0.255 e. The first kappa shape index (κ1) is 14.8. The SMILES string of the molecule is CCSc1ccccc1NC(=O)c1ccc(Cl)c(N)c1. The summed E-state index contributed by atoms with van der Waals surface area (Å²) in [5.41, 5.74) is 7.40. The average molecular weight is 307 g/mol. The highest BCUT2D eigenvalue weighted by atomic mass is 35.5. The average Bonchev–Trinajstić information content (AvgIpc) is 2.44. The van der Waals surface area contributed by atoms with E-state index in [1.807, 2.05) is 24.3 Å². The second-order valence-corrected chi connectivity index (χ2v) is 5.83. The van der Waals surface area contributed by atoms with Crippen LogP contribution in [0.3, 0.4) is 0 Å². The molecule has 0 heterocycles. The van der Waals surface area contributed by atoms with Crippen LogP contribution >= 0.6 is 23.4 Å². The number of anilines is 2. The van der Waals surface area contributed by atoms with E-state index in [2.05, 4.69) is 12.2 Å². The highest BCUT2D eigenvalue weighted by Crippen LogP contribution is 2.27. The number of amides is 1. The van der Waals surface area contributed by atoms with Gasteiger partial charge < -0.3 is 11.1 Å². The normalized spacial score (nSPS) is 10.3. The maximum Gasteiger partial charge on any atom is 0.255 e. The van der Waals surface area contributed by atoms with E-state index in [4.69, 9.17) is 17.3 Å². The highest BCUT2D eigenvalue weighted by molar-refractivity contribution is 7.99. The standard InChI is InChI=1S/C15H15ClN2OS/c1-2-20-14-6-4-3-5-13(14)18-15(19)10-7-8-11(16)12(17)9-10/h3-9H,2,17H2,1H3,(H,18,19). The molecule has 0 saturated heterocycles. The lowest BCUT2D eigenvalue weighted by Crippen LogP contribution is -2.12. The third-order valence-corrected chi connectivity index (χ3v) is 3.99. The summed E-state index contributed by atoms with van der Waals surface area (Å²) in [5.74, 6) is 0.748. The number of halogens is 1. The van der Waals surface area contributed by atoms with Crippen molar-refractivity contribution in [3.63, 3.8) is 0 Å². The summed E-state index contributed by atoms with van der Waals surface area (Å²) in [5, 5.41) is 3.35. The van der Waals surface area contributed by atoms with Crippen LogP contribution in [-0.2, 0) is 0 Å². The van der Waals surface area contributed by atoms with Gasteiger partial charge in [0.1, 0.15) is 0 Å². The van der Waals surface area contributed by atoms with Crippen LogP contribution in [0.2, 0.25) is 5.02 Å². The van der Waals surface area contributed by atoms with Crippen LogP contribution in [0.15, 0.2) is 47.4 Å². The fourth-order valence-corrected chi connectivity index (χ4v) is 2.61. The maximum absolute atomic E-state index is 12.2. The summed E-state index contributed by atoms with van der Waals surface area (Å²) in [4.78, 5) is 13.3. The molecular formula is C15H15ClN2OS. The number of nitrogens with two attached hydrogens (primary N) is 1. The molecule has 2 rings (SSSR count). The molecule has 0 unspecified atom stereocenters. The molecule has 3 nitrogen and oxygen atoms in total. The van der Waals surface area contributed by atoms with Crippen molar-refractivity contribution in [1.82, 2.24) is 0 Å². The van der Waals surface area contributed by atoms with Gasteiger partial charge in [-0.15, -0.1) is 11.8 Å². The number of carbonyl (C=O) groups excluding carboxylic acids is 1. The van der Waals surface area contributed by atoms with Gasteiger partial charge in [-0.3, -0.25) is 4.79 Å². The zero-order valence-corrected chi connectivity index (χ0v) is 12.6. The molecule has 0 bridgehead atoms. The highest BCUT2D eigenvalue weighted by Gasteiger charge is 2.10. The Balaban J connectivity index is 2.21. The van der Waals surface area contributed by atoms with E-state index in [1.54, 1.807) is 30.0 Å². The second-order valence-electron chi connectivity index (χ2n) is 4.12. The third-order valence-electron chi connectivity index (χ3n) is 2.69. The van der Waals surface area contributed by atoms with E-state index >= 15 is 0 Å². The van der Waals surface area contributed by atoms with Gasteiger partial charge in [0.15, 0.2) is 0 Å². The molecule has 5 heteroatoms.